The maximum atomic E-state index is 13.1. The van der Waals surface area contributed by atoms with Gasteiger partial charge in [-0.15, -0.1) is 0 Å². The number of halogens is 2. The first-order valence-corrected chi connectivity index (χ1v) is 6.38. The molecule has 0 aliphatic carbocycles. The summed E-state index contributed by atoms with van der Waals surface area (Å²) >= 11 is 11.0. The molecule has 1 aromatic heterocycles. The normalized spacial score (nSPS) is 11.2. The smallest absolute Gasteiger partial charge is 0.195 e. The average molecular weight is 286 g/mol. The fourth-order valence-corrected chi connectivity index (χ4v) is 2.09. The van der Waals surface area contributed by atoms with E-state index in [-0.39, 0.29) is 5.02 Å². The zero-order chi connectivity index (χ0) is 13.3. The molecule has 0 unspecified atom stereocenters. The summed E-state index contributed by atoms with van der Waals surface area (Å²) in [5.74, 6) is 0.671. The third-order valence-electron chi connectivity index (χ3n) is 2.48. The molecule has 0 aliphatic rings. The van der Waals surface area contributed by atoms with E-state index >= 15 is 0 Å². The summed E-state index contributed by atoms with van der Waals surface area (Å²) < 4.78 is 15.6. The van der Waals surface area contributed by atoms with Crippen LogP contribution in [0.4, 0.5) is 4.39 Å². The number of benzene rings is 1. The number of nitrogens with zero attached hydrogens (tertiary/aromatic N) is 2. The van der Waals surface area contributed by atoms with Gasteiger partial charge in [0, 0.05) is 12.1 Å². The Balaban J connectivity index is 2.50. The van der Waals surface area contributed by atoms with Crippen LogP contribution in [0.2, 0.25) is 5.02 Å². The maximum absolute atomic E-state index is 13.1. The van der Waals surface area contributed by atoms with Gasteiger partial charge in [0.2, 0.25) is 0 Å². The molecular formula is C12H13ClFN3S. The molecule has 3 nitrogen and oxygen atoms in total. The highest BCUT2D eigenvalue weighted by atomic mass is 35.5. The molecule has 18 heavy (non-hydrogen) atoms. The van der Waals surface area contributed by atoms with Crippen LogP contribution in [0.3, 0.4) is 0 Å². The second-order valence-electron chi connectivity index (χ2n) is 4.49. The van der Waals surface area contributed by atoms with E-state index in [0.29, 0.717) is 16.5 Å². The summed E-state index contributed by atoms with van der Waals surface area (Å²) in [6.07, 6.45) is 0. The molecule has 0 amide bonds. The van der Waals surface area contributed by atoms with Gasteiger partial charge in [-0.2, -0.15) is 5.10 Å². The van der Waals surface area contributed by atoms with E-state index in [4.69, 9.17) is 23.8 Å². The number of H-pyrrole nitrogens is 1. The lowest BCUT2D eigenvalue weighted by atomic mass is 10.2. The fraction of sp³-hybridized carbons (Fsp3) is 0.333. The van der Waals surface area contributed by atoms with Crippen molar-refractivity contribution < 1.29 is 4.39 Å². The Hall–Kier alpha value is -1.20. The van der Waals surface area contributed by atoms with Gasteiger partial charge in [-0.1, -0.05) is 25.4 Å². The Morgan fingerprint density at radius 3 is 2.83 bits per heavy atom. The Bertz CT molecular complexity index is 618. The highest BCUT2D eigenvalue weighted by Gasteiger charge is 2.11. The maximum Gasteiger partial charge on any atom is 0.195 e. The number of aromatic amines is 1. The third kappa shape index (κ3) is 2.62. The van der Waals surface area contributed by atoms with Crippen LogP contribution in [0.15, 0.2) is 18.2 Å². The molecule has 0 fully saturated rings. The largest absolute Gasteiger partial charge is 0.300 e. The lowest BCUT2D eigenvalue weighted by Crippen LogP contribution is -2.06. The van der Waals surface area contributed by atoms with Crippen molar-refractivity contribution in [2.24, 2.45) is 5.92 Å². The van der Waals surface area contributed by atoms with Crippen molar-refractivity contribution in [2.45, 2.75) is 20.4 Å². The lowest BCUT2D eigenvalue weighted by molar-refractivity contribution is 0.521. The van der Waals surface area contributed by atoms with Gasteiger partial charge in [0.25, 0.3) is 0 Å². The van der Waals surface area contributed by atoms with Crippen molar-refractivity contribution >= 4 is 23.8 Å². The standard InChI is InChI=1S/C12H13ClFN3S/c1-7(2)6-17-11(15-16-12(17)18)8-3-4-10(14)9(13)5-8/h3-5,7H,6H2,1-2H3,(H,16,18). The van der Waals surface area contributed by atoms with Crippen LogP contribution >= 0.6 is 23.8 Å². The van der Waals surface area contributed by atoms with E-state index in [0.717, 1.165) is 12.1 Å². The SMILES string of the molecule is CC(C)Cn1c(-c2ccc(F)c(Cl)c2)n[nH]c1=S. The van der Waals surface area contributed by atoms with Gasteiger partial charge in [-0.3, -0.25) is 9.67 Å². The molecule has 0 radical (unpaired) electrons. The number of hydrogen-bond acceptors (Lipinski definition) is 2. The highest BCUT2D eigenvalue weighted by molar-refractivity contribution is 7.71. The summed E-state index contributed by atoms with van der Waals surface area (Å²) in [5.41, 5.74) is 0.745. The first-order valence-electron chi connectivity index (χ1n) is 5.59. The van der Waals surface area contributed by atoms with Crippen molar-refractivity contribution in [1.82, 2.24) is 14.8 Å². The van der Waals surface area contributed by atoms with Crippen molar-refractivity contribution in [3.8, 4) is 11.4 Å². The minimum absolute atomic E-state index is 0.0810. The van der Waals surface area contributed by atoms with Crippen molar-refractivity contribution in [2.75, 3.05) is 0 Å². The number of aromatic nitrogens is 3. The van der Waals surface area contributed by atoms with Crippen molar-refractivity contribution in [1.29, 1.82) is 0 Å². The van der Waals surface area contributed by atoms with E-state index in [9.17, 15) is 4.39 Å². The van der Waals surface area contributed by atoms with Gasteiger partial charge >= 0.3 is 0 Å². The molecule has 96 valence electrons. The number of hydrogen-bond donors (Lipinski definition) is 1. The average Bonchev–Trinajstić information content (AvgIpc) is 2.64. The first-order chi connectivity index (χ1) is 8.49. The van der Waals surface area contributed by atoms with Crippen molar-refractivity contribution in [3.63, 3.8) is 0 Å². The molecule has 2 rings (SSSR count). The second-order valence-corrected chi connectivity index (χ2v) is 5.28. The molecule has 1 heterocycles. The van der Waals surface area contributed by atoms with Crippen molar-refractivity contribution in [3.05, 3.63) is 33.8 Å². The molecule has 1 aromatic carbocycles. The molecule has 6 heteroatoms. The van der Waals surface area contributed by atoms with Gasteiger partial charge in [0.05, 0.1) is 5.02 Å². The van der Waals surface area contributed by atoms with Gasteiger partial charge in [0.1, 0.15) is 5.82 Å². The summed E-state index contributed by atoms with van der Waals surface area (Å²) in [4.78, 5) is 0. The molecule has 0 spiro atoms. The van der Waals surface area contributed by atoms with Crippen LogP contribution in [-0.2, 0) is 6.54 Å². The van der Waals surface area contributed by atoms with Gasteiger partial charge < -0.3 is 0 Å². The molecule has 0 saturated carbocycles. The minimum atomic E-state index is -0.440. The molecule has 0 bridgehead atoms. The Labute approximate surface area is 115 Å². The van der Waals surface area contributed by atoms with Crippen LogP contribution in [0.1, 0.15) is 13.8 Å². The molecule has 0 aliphatic heterocycles. The Morgan fingerprint density at radius 1 is 1.50 bits per heavy atom. The second kappa shape index (κ2) is 5.20. The van der Waals surface area contributed by atoms with Crippen LogP contribution in [0.5, 0.6) is 0 Å². The molecule has 0 atom stereocenters. The van der Waals surface area contributed by atoms with E-state index in [1.807, 2.05) is 4.57 Å². The number of nitrogens with one attached hydrogen (secondary N) is 1. The zero-order valence-corrected chi connectivity index (χ0v) is 11.6. The van der Waals surface area contributed by atoms with Gasteiger partial charge in [0.15, 0.2) is 10.6 Å². The Kier molecular flexibility index (Phi) is 3.82. The monoisotopic (exact) mass is 285 g/mol. The quantitative estimate of drug-likeness (QED) is 0.863. The molecule has 2 aromatic rings. The van der Waals surface area contributed by atoms with Crippen LogP contribution in [0, 0.1) is 16.5 Å². The summed E-state index contributed by atoms with van der Waals surface area (Å²) in [6.45, 7) is 4.94. The predicted octanol–water partition coefficient (Wildman–Crippen LogP) is 4.06. The van der Waals surface area contributed by atoms with E-state index in [1.165, 1.54) is 6.07 Å². The third-order valence-corrected chi connectivity index (χ3v) is 3.09. The fourth-order valence-electron chi connectivity index (χ4n) is 1.71. The Morgan fingerprint density at radius 2 is 2.22 bits per heavy atom. The summed E-state index contributed by atoms with van der Waals surface area (Å²) in [6, 6.07) is 4.52. The molecular weight excluding hydrogens is 273 g/mol. The van der Waals surface area contributed by atoms with Crippen LogP contribution in [0.25, 0.3) is 11.4 Å². The lowest BCUT2D eigenvalue weighted by Gasteiger charge is -2.09. The highest BCUT2D eigenvalue weighted by Crippen LogP contribution is 2.24. The van der Waals surface area contributed by atoms with Gasteiger partial charge in [-0.05, 0) is 36.3 Å². The zero-order valence-electron chi connectivity index (χ0n) is 10.1. The number of rotatable bonds is 3. The van der Waals surface area contributed by atoms with E-state index < -0.39 is 5.82 Å². The van der Waals surface area contributed by atoms with Crippen LogP contribution < -0.4 is 0 Å². The summed E-state index contributed by atoms with van der Waals surface area (Å²) in [5, 5.41) is 7.01. The van der Waals surface area contributed by atoms with Crippen LogP contribution in [-0.4, -0.2) is 14.8 Å². The molecule has 1 N–H and O–H groups in total. The topological polar surface area (TPSA) is 33.6 Å². The minimum Gasteiger partial charge on any atom is -0.300 e. The first kappa shape index (κ1) is 13.2. The summed E-state index contributed by atoms with van der Waals surface area (Å²) in [7, 11) is 0. The van der Waals surface area contributed by atoms with E-state index in [2.05, 4.69) is 24.0 Å². The molecule has 0 saturated heterocycles. The van der Waals surface area contributed by atoms with Gasteiger partial charge in [-0.25, -0.2) is 4.39 Å². The predicted molar refractivity (Wildman–Crippen MR) is 72.7 cm³/mol. The van der Waals surface area contributed by atoms with E-state index in [1.54, 1.807) is 12.1 Å².